The van der Waals surface area contributed by atoms with Crippen molar-refractivity contribution in [1.82, 2.24) is 0 Å². The second-order valence-corrected chi connectivity index (χ2v) is 3.13. The van der Waals surface area contributed by atoms with Gasteiger partial charge in [-0.1, -0.05) is 0 Å². The van der Waals surface area contributed by atoms with Crippen LogP contribution in [0.2, 0.25) is 0 Å². The van der Waals surface area contributed by atoms with Gasteiger partial charge in [0.15, 0.2) is 0 Å². The molecule has 0 fully saturated rings. The van der Waals surface area contributed by atoms with Crippen molar-refractivity contribution in [1.29, 1.82) is 0 Å². The predicted molar refractivity (Wildman–Crippen MR) is 25.6 cm³/mol. The second kappa shape index (κ2) is 3.72. The average molecular weight is 224 g/mol. The maximum atomic E-state index is 4.95. The number of hydrogen-bond donors (Lipinski definition) is 0. The predicted octanol–water partition coefficient (Wildman–Crippen LogP) is 2.19. The second-order valence-electron chi connectivity index (χ2n) is 0.615. The van der Waals surface area contributed by atoms with Crippen LogP contribution in [-0.2, 0) is 26.2 Å². The monoisotopic (exact) mass is 221 g/mol. The minimum Gasteiger partial charge on any atom is -0.293 e. The van der Waals surface area contributed by atoms with Crippen LogP contribution in [-0.4, -0.2) is 3.79 Å². The van der Waals surface area contributed by atoms with E-state index in [1.165, 1.54) is 0 Å². The molecule has 0 nitrogen and oxygen atoms in total. The van der Waals surface area contributed by atoms with Crippen LogP contribution < -0.4 is 0 Å². The molecular weight excluding hydrogens is 222 g/mol. The topological polar surface area (TPSA) is 0 Å². The van der Waals surface area contributed by atoms with Crippen molar-refractivity contribution < 1.29 is 26.2 Å². The molecular formula is C2H2Cl3Zr-. The first-order chi connectivity index (χ1) is 2.00. The van der Waals surface area contributed by atoms with E-state index in [1.807, 2.05) is 0 Å². The van der Waals surface area contributed by atoms with Gasteiger partial charge in [0.1, 0.15) is 0 Å². The quantitative estimate of drug-likeness (QED) is 0.436. The summed E-state index contributed by atoms with van der Waals surface area (Å²) in [6.07, 6.45) is 0. The molecule has 0 spiro atoms. The van der Waals surface area contributed by atoms with Gasteiger partial charge >= 0.3 is 0 Å². The van der Waals surface area contributed by atoms with E-state index < -0.39 is 3.79 Å². The van der Waals surface area contributed by atoms with Crippen LogP contribution in [0, 0.1) is 6.92 Å². The molecule has 0 bridgehead atoms. The molecule has 0 aromatic rings. The van der Waals surface area contributed by atoms with Crippen LogP contribution >= 0.6 is 34.8 Å². The van der Waals surface area contributed by atoms with Crippen LogP contribution in [0.25, 0.3) is 0 Å². The standard InChI is InChI=1S/C2H2Cl3.Zr/c1-2(3,4)5;/h1H2;/q-1;. The summed E-state index contributed by atoms with van der Waals surface area (Å²) in [4.78, 5) is 0. The van der Waals surface area contributed by atoms with Crippen molar-refractivity contribution in [2.75, 3.05) is 0 Å². The van der Waals surface area contributed by atoms with Crippen molar-refractivity contribution in [2.24, 2.45) is 0 Å². The number of hydrogen-bond acceptors (Lipinski definition) is 0. The first kappa shape index (κ1) is 10.7. The number of halogens is 3. The molecule has 0 aliphatic rings. The Morgan fingerprint density at radius 1 is 1.17 bits per heavy atom. The molecule has 0 unspecified atom stereocenters. The van der Waals surface area contributed by atoms with Crippen molar-refractivity contribution in [3.8, 4) is 0 Å². The van der Waals surface area contributed by atoms with Crippen LogP contribution in [0.4, 0.5) is 0 Å². The molecule has 0 aromatic heterocycles. The Kier molecular flexibility index (Phi) is 6.62. The van der Waals surface area contributed by atoms with Gasteiger partial charge in [0.05, 0.1) is 3.79 Å². The largest absolute Gasteiger partial charge is 0.293 e. The molecule has 4 heteroatoms. The fourth-order valence-corrected chi connectivity index (χ4v) is 0. The van der Waals surface area contributed by atoms with Crippen LogP contribution in [0.5, 0.6) is 0 Å². The first-order valence-electron chi connectivity index (χ1n) is 0.921. The summed E-state index contributed by atoms with van der Waals surface area (Å²) < 4.78 is -1.33. The SMILES string of the molecule is [CH2-]C(Cl)(Cl)Cl.[Zr]. The average Bonchev–Trinajstić information content (AvgIpc) is 0.722. The first-order valence-corrected chi connectivity index (χ1v) is 2.05. The molecule has 0 aromatic carbocycles. The summed E-state index contributed by atoms with van der Waals surface area (Å²) >= 11 is 14.8. The molecule has 0 aliphatic heterocycles. The maximum Gasteiger partial charge on any atom is 0.0703 e. The van der Waals surface area contributed by atoms with Gasteiger partial charge in [-0.05, 0) is 0 Å². The van der Waals surface area contributed by atoms with Gasteiger partial charge in [-0.15, -0.1) is 34.8 Å². The molecule has 0 atom stereocenters. The molecule has 0 N–H and O–H groups in total. The molecule has 6 heavy (non-hydrogen) atoms. The van der Waals surface area contributed by atoms with E-state index in [4.69, 9.17) is 34.8 Å². The Hall–Kier alpha value is 1.75. The van der Waals surface area contributed by atoms with E-state index in [1.54, 1.807) is 0 Å². The van der Waals surface area contributed by atoms with Gasteiger partial charge in [-0.2, -0.15) is 0 Å². The molecule has 0 amide bonds. The van der Waals surface area contributed by atoms with E-state index in [-0.39, 0.29) is 26.2 Å². The minimum atomic E-state index is -1.33. The fraction of sp³-hybridized carbons (Fsp3) is 0.500. The fourth-order valence-electron chi connectivity index (χ4n) is 0. The number of rotatable bonds is 0. The van der Waals surface area contributed by atoms with Crippen LogP contribution in [0.15, 0.2) is 0 Å². The van der Waals surface area contributed by atoms with Crippen molar-refractivity contribution in [3.05, 3.63) is 6.92 Å². The summed E-state index contributed by atoms with van der Waals surface area (Å²) in [5.41, 5.74) is 0. The van der Waals surface area contributed by atoms with E-state index in [0.29, 0.717) is 0 Å². The smallest absolute Gasteiger partial charge is 0.0703 e. The molecule has 0 saturated carbocycles. The maximum absolute atomic E-state index is 4.95. The minimum absolute atomic E-state index is 0. The molecule has 0 aliphatic carbocycles. The molecule has 0 heterocycles. The van der Waals surface area contributed by atoms with Gasteiger partial charge in [0.2, 0.25) is 0 Å². The third-order valence-electron chi connectivity index (χ3n) is 0. The number of alkyl halides is 3. The Morgan fingerprint density at radius 2 is 1.17 bits per heavy atom. The Labute approximate surface area is 71.3 Å². The zero-order valence-corrected chi connectivity index (χ0v) is 7.57. The van der Waals surface area contributed by atoms with E-state index in [2.05, 4.69) is 6.92 Å². The van der Waals surface area contributed by atoms with Crippen molar-refractivity contribution in [2.45, 2.75) is 3.79 Å². The summed E-state index contributed by atoms with van der Waals surface area (Å²) in [5, 5.41) is 0. The summed E-state index contributed by atoms with van der Waals surface area (Å²) in [5.74, 6) is 0. The Balaban J connectivity index is 0. The van der Waals surface area contributed by atoms with Gasteiger partial charge in [0, 0.05) is 26.2 Å². The zero-order valence-electron chi connectivity index (χ0n) is 2.84. The van der Waals surface area contributed by atoms with Gasteiger partial charge in [0.25, 0.3) is 0 Å². The third-order valence-corrected chi connectivity index (χ3v) is 0. The Morgan fingerprint density at radius 3 is 1.17 bits per heavy atom. The molecule has 0 radical (unpaired) electrons. The van der Waals surface area contributed by atoms with Crippen LogP contribution in [0.3, 0.4) is 0 Å². The van der Waals surface area contributed by atoms with Gasteiger partial charge < -0.3 is 0 Å². The van der Waals surface area contributed by atoms with Crippen molar-refractivity contribution >= 4 is 34.8 Å². The summed E-state index contributed by atoms with van der Waals surface area (Å²) in [7, 11) is 0. The summed E-state index contributed by atoms with van der Waals surface area (Å²) in [6.45, 7) is 3.07. The zero-order chi connectivity index (χ0) is 4.50. The van der Waals surface area contributed by atoms with Crippen molar-refractivity contribution in [3.63, 3.8) is 0 Å². The van der Waals surface area contributed by atoms with E-state index >= 15 is 0 Å². The molecule has 0 saturated heterocycles. The molecule has 0 rings (SSSR count). The van der Waals surface area contributed by atoms with Gasteiger partial charge in [-0.3, -0.25) is 6.92 Å². The third kappa shape index (κ3) is 42.3. The van der Waals surface area contributed by atoms with Crippen LogP contribution in [0.1, 0.15) is 0 Å². The summed E-state index contributed by atoms with van der Waals surface area (Å²) in [6, 6.07) is 0. The Bertz CT molecular complexity index is 24.3. The normalized spacial score (nSPS) is 10.0. The molecule has 36 valence electrons. The van der Waals surface area contributed by atoms with E-state index in [0.717, 1.165) is 0 Å². The van der Waals surface area contributed by atoms with Gasteiger partial charge in [-0.25, -0.2) is 0 Å². The van der Waals surface area contributed by atoms with E-state index in [9.17, 15) is 0 Å².